The molecule has 25 heavy (non-hydrogen) atoms. The number of para-hydroxylation sites is 2. The molecule has 124 valence electrons. The van der Waals surface area contributed by atoms with Gasteiger partial charge in [0.2, 0.25) is 0 Å². The summed E-state index contributed by atoms with van der Waals surface area (Å²) in [5.74, 6) is 1.97. The zero-order chi connectivity index (χ0) is 16.6. The van der Waals surface area contributed by atoms with Crippen molar-refractivity contribution in [2.75, 3.05) is 5.32 Å². The van der Waals surface area contributed by atoms with Crippen LogP contribution >= 0.6 is 0 Å². The molecule has 2 aromatic heterocycles. The normalized spacial score (nSPS) is 14.4. The van der Waals surface area contributed by atoms with E-state index in [1.54, 1.807) is 6.20 Å². The maximum atomic E-state index is 4.85. The standard InChI is InChI=1S/C20H19N5/c1-2-8-20-24-17-12-14(9-10-18(17)25(20)11-5-1)22-19-13-21-15-6-3-4-7-16(15)23-19/h3-4,6-7,9-10,12-13H,1-2,5,8,11H2,(H,22,23). The molecule has 0 amide bonds. The summed E-state index contributed by atoms with van der Waals surface area (Å²) in [6.45, 7) is 1.08. The molecule has 1 aliphatic heterocycles. The first-order valence-corrected chi connectivity index (χ1v) is 8.85. The Kier molecular flexibility index (Phi) is 3.37. The third kappa shape index (κ3) is 2.61. The van der Waals surface area contributed by atoms with Crippen molar-refractivity contribution in [3.8, 4) is 0 Å². The minimum absolute atomic E-state index is 0.749. The Morgan fingerprint density at radius 2 is 1.80 bits per heavy atom. The third-order valence-electron chi connectivity index (χ3n) is 4.83. The van der Waals surface area contributed by atoms with E-state index in [4.69, 9.17) is 4.98 Å². The average Bonchev–Trinajstić information content (AvgIpc) is 2.82. The molecule has 0 saturated heterocycles. The second kappa shape index (κ2) is 5.84. The van der Waals surface area contributed by atoms with Gasteiger partial charge in [0, 0.05) is 18.7 Å². The summed E-state index contributed by atoms with van der Waals surface area (Å²) < 4.78 is 2.38. The number of benzene rings is 2. The largest absolute Gasteiger partial charge is 0.339 e. The molecular formula is C20H19N5. The van der Waals surface area contributed by atoms with Crippen molar-refractivity contribution in [3.05, 3.63) is 54.5 Å². The predicted molar refractivity (Wildman–Crippen MR) is 100 cm³/mol. The van der Waals surface area contributed by atoms with Gasteiger partial charge in [0.1, 0.15) is 11.6 Å². The number of aromatic nitrogens is 4. The van der Waals surface area contributed by atoms with Gasteiger partial charge < -0.3 is 9.88 Å². The number of fused-ring (bicyclic) bond motifs is 4. The van der Waals surface area contributed by atoms with Crippen LogP contribution < -0.4 is 5.32 Å². The van der Waals surface area contributed by atoms with Gasteiger partial charge in [-0.25, -0.2) is 9.97 Å². The number of anilines is 2. The lowest BCUT2D eigenvalue weighted by atomic mass is 10.2. The smallest absolute Gasteiger partial charge is 0.149 e. The van der Waals surface area contributed by atoms with Gasteiger partial charge in [-0.1, -0.05) is 18.6 Å². The Morgan fingerprint density at radius 1 is 0.880 bits per heavy atom. The summed E-state index contributed by atoms with van der Waals surface area (Å²) in [5, 5.41) is 3.36. The van der Waals surface area contributed by atoms with Crippen molar-refractivity contribution >= 4 is 33.6 Å². The maximum Gasteiger partial charge on any atom is 0.149 e. The first kappa shape index (κ1) is 14.4. The molecule has 3 heterocycles. The molecule has 0 bridgehead atoms. The van der Waals surface area contributed by atoms with Crippen LogP contribution in [0.2, 0.25) is 0 Å². The van der Waals surface area contributed by atoms with Crippen LogP contribution in [-0.2, 0) is 13.0 Å². The van der Waals surface area contributed by atoms with Crippen molar-refractivity contribution in [1.29, 1.82) is 0 Å². The van der Waals surface area contributed by atoms with E-state index in [-0.39, 0.29) is 0 Å². The number of hydrogen-bond donors (Lipinski definition) is 1. The van der Waals surface area contributed by atoms with Crippen LogP contribution in [0.4, 0.5) is 11.5 Å². The van der Waals surface area contributed by atoms with Crippen molar-refractivity contribution in [1.82, 2.24) is 19.5 Å². The van der Waals surface area contributed by atoms with E-state index in [0.29, 0.717) is 0 Å². The van der Waals surface area contributed by atoms with Crippen LogP contribution in [0.25, 0.3) is 22.1 Å². The highest BCUT2D eigenvalue weighted by molar-refractivity contribution is 5.82. The van der Waals surface area contributed by atoms with Gasteiger partial charge in [0.15, 0.2) is 0 Å². The number of nitrogens with zero attached hydrogens (tertiary/aromatic N) is 4. The second-order valence-electron chi connectivity index (χ2n) is 6.56. The minimum Gasteiger partial charge on any atom is -0.339 e. The molecule has 0 radical (unpaired) electrons. The van der Waals surface area contributed by atoms with Crippen molar-refractivity contribution in [2.45, 2.75) is 32.2 Å². The van der Waals surface area contributed by atoms with E-state index in [2.05, 4.69) is 38.1 Å². The quantitative estimate of drug-likeness (QED) is 0.590. The fourth-order valence-electron chi connectivity index (χ4n) is 3.59. The van der Waals surface area contributed by atoms with Gasteiger partial charge in [-0.2, -0.15) is 0 Å². The Hall–Kier alpha value is -2.95. The lowest BCUT2D eigenvalue weighted by Crippen LogP contribution is -2.00. The molecule has 5 nitrogen and oxygen atoms in total. The van der Waals surface area contributed by atoms with E-state index < -0.39 is 0 Å². The van der Waals surface area contributed by atoms with Crippen LogP contribution in [0, 0.1) is 0 Å². The van der Waals surface area contributed by atoms with Crippen molar-refractivity contribution < 1.29 is 0 Å². The summed E-state index contributed by atoms with van der Waals surface area (Å²) in [4.78, 5) is 13.9. The zero-order valence-corrected chi connectivity index (χ0v) is 13.9. The lowest BCUT2D eigenvalue weighted by molar-refractivity contribution is 0.647. The van der Waals surface area contributed by atoms with Crippen LogP contribution in [0.3, 0.4) is 0 Å². The van der Waals surface area contributed by atoms with Crippen molar-refractivity contribution in [3.63, 3.8) is 0 Å². The summed E-state index contributed by atoms with van der Waals surface area (Å²) in [5.41, 5.74) is 5.07. The van der Waals surface area contributed by atoms with E-state index >= 15 is 0 Å². The van der Waals surface area contributed by atoms with Crippen LogP contribution in [0.15, 0.2) is 48.7 Å². The first-order chi connectivity index (χ1) is 12.4. The second-order valence-corrected chi connectivity index (χ2v) is 6.56. The lowest BCUT2D eigenvalue weighted by Gasteiger charge is -2.07. The molecule has 0 atom stereocenters. The number of hydrogen-bond acceptors (Lipinski definition) is 4. The van der Waals surface area contributed by atoms with Gasteiger partial charge in [0.05, 0.1) is 28.3 Å². The van der Waals surface area contributed by atoms with Gasteiger partial charge in [-0.15, -0.1) is 0 Å². The Morgan fingerprint density at radius 3 is 2.76 bits per heavy atom. The number of nitrogens with one attached hydrogen (secondary N) is 1. The molecule has 0 aliphatic carbocycles. The van der Waals surface area contributed by atoms with Gasteiger partial charge in [-0.05, 0) is 43.2 Å². The molecule has 2 aromatic carbocycles. The van der Waals surface area contributed by atoms with Crippen LogP contribution in [0.5, 0.6) is 0 Å². The molecule has 4 aromatic rings. The van der Waals surface area contributed by atoms with E-state index in [1.807, 2.05) is 24.3 Å². The molecule has 0 unspecified atom stereocenters. The Balaban J connectivity index is 1.50. The van der Waals surface area contributed by atoms with E-state index in [1.165, 1.54) is 30.6 Å². The molecule has 5 rings (SSSR count). The molecule has 0 fully saturated rings. The van der Waals surface area contributed by atoms with Gasteiger partial charge in [0.25, 0.3) is 0 Å². The summed E-state index contributed by atoms with van der Waals surface area (Å²) in [7, 11) is 0. The summed E-state index contributed by atoms with van der Waals surface area (Å²) in [6, 6.07) is 14.3. The van der Waals surface area contributed by atoms with Crippen molar-refractivity contribution in [2.24, 2.45) is 0 Å². The van der Waals surface area contributed by atoms with E-state index in [0.717, 1.165) is 41.0 Å². The van der Waals surface area contributed by atoms with Crippen LogP contribution in [0.1, 0.15) is 25.1 Å². The van der Waals surface area contributed by atoms with Gasteiger partial charge >= 0.3 is 0 Å². The fourth-order valence-corrected chi connectivity index (χ4v) is 3.59. The highest BCUT2D eigenvalue weighted by atomic mass is 15.1. The van der Waals surface area contributed by atoms with Crippen LogP contribution in [-0.4, -0.2) is 19.5 Å². The third-order valence-corrected chi connectivity index (χ3v) is 4.83. The molecule has 0 spiro atoms. The zero-order valence-electron chi connectivity index (χ0n) is 13.9. The number of rotatable bonds is 2. The molecule has 0 saturated carbocycles. The maximum absolute atomic E-state index is 4.85. The highest BCUT2D eigenvalue weighted by Crippen LogP contribution is 2.25. The number of aryl methyl sites for hydroxylation is 2. The molecule has 1 N–H and O–H groups in total. The minimum atomic E-state index is 0.749. The SMILES string of the molecule is c1ccc2nc(Nc3ccc4c(c3)nc3n4CCCCC3)cnc2c1. The number of imidazole rings is 1. The molecule has 1 aliphatic rings. The Labute approximate surface area is 145 Å². The van der Waals surface area contributed by atoms with Gasteiger partial charge in [-0.3, -0.25) is 4.98 Å². The average molecular weight is 329 g/mol. The van der Waals surface area contributed by atoms with E-state index in [9.17, 15) is 0 Å². The highest BCUT2D eigenvalue weighted by Gasteiger charge is 2.13. The fraction of sp³-hybridized carbons (Fsp3) is 0.250. The topological polar surface area (TPSA) is 55.6 Å². The summed E-state index contributed by atoms with van der Waals surface area (Å²) >= 11 is 0. The predicted octanol–water partition coefficient (Wildman–Crippen LogP) is 4.45. The first-order valence-electron chi connectivity index (χ1n) is 8.85. The summed E-state index contributed by atoms with van der Waals surface area (Å²) in [6.07, 6.45) is 6.62. The molecule has 5 heteroatoms. The monoisotopic (exact) mass is 329 g/mol. The Bertz CT molecular complexity index is 1070. The molecular weight excluding hydrogens is 310 g/mol.